The fourth-order valence-corrected chi connectivity index (χ4v) is 2.69. The van der Waals surface area contributed by atoms with Gasteiger partial charge in [0.1, 0.15) is 5.01 Å². The molecule has 0 aromatic carbocycles. The van der Waals surface area contributed by atoms with Gasteiger partial charge >= 0.3 is 0 Å². The highest BCUT2D eigenvalue weighted by Gasteiger charge is 2.14. The van der Waals surface area contributed by atoms with Gasteiger partial charge in [0, 0.05) is 24.7 Å². The molecule has 2 N–H and O–H groups in total. The minimum Gasteiger partial charge on any atom is -0.354 e. The first-order valence-electron chi connectivity index (χ1n) is 6.24. The van der Waals surface area contributed by atoms with Gasteiger partial charge in [-0.3, -0.25) is 4.99 Å². The Balaban J connectivity index is 1.76. The predicted octanol–water partition coefficient (Wildman–Crippen LogP) is 2.14. The van der Waals surface area contributed by atoms with Crippen LogP contribution in [0.1, 0.15) is 37.1 Å². The van der Waals surface area contributed by atoms with E-state index in [0.717, 1.165) is 17.5 Å². The molecule has 1 saturated carbocycles. The van der Waals surface area contributed by atoms with Crippen LogP contribution in [-0.4, -0.2) is 24.0 Å². The maximum Gasteiger partial charge on any atom is 0.191 e. The molecule has 17 heavy (non-hydrogen) atoms. The van der Waals surface area contributed by atoms with E-state index in [1.165, 1.54) is 32.1 Å². The van der Waals surface area contributed by atoms with E-state index < -0.39 is 0 Å². The Labute approximate surface area is 107 Å². The highest BCUT2D eigenvalue weighted by atomic mass is 32.1. The molecule has 5 heteroatoms. The van der Waals surface area contributed by atoms with Crippen LogP contribution in [0.4, 0.5) is 0 Å². The first-order chi connectivity index (χ1) is 8.38. The molecule has 0 spiro atoms. The molecule has 1 aromatic rings. The van der Waals surface area contributed by atoms with Crippen LogP contribution in [0.2, 0.25) is 0 Å². The smallest absolute Gasteiger partial charge is 0.191 e. The van der Waals surface area contributed by atoms with Crippen molar-refractivity contribution in [1.82, 2.24) is 15.6 Å². The van der Waals surface area contributed by atoms with E-state index in [1.807, 2.05) is 18.6 Å². The van der Waals surface area contributed by atoms with Crippen LogP contribution in [0.5, 0.6) is 0 Å². The number of hydrogen-bond acceptors (Lipinski definition) is 3. The van der Waals surface area contributed by atoms with Crippen LogP contribution in [-0.2, 0) is 6.54 Å². The van der Waals surface area contributed by atoms with E-state index in [-0.39, 0.29) is 0 Å². The van der Waals surface area contributed by atoms with Crippen molar-refractivity contribution in [2.24, 2.45) is 4.99 Å². The maximum atomic E-state index is 4.25. The molecule has 0 amide bonds. The van der Waals surface area contributed by atoms with Crippen molar-refractivity contribution >= 4 is 17.3 Å². The normalized spacial score (nSPS) is 18.1. The lowest BCUT2D eigenvalue weighted by Gasteiger charge is -2.24. The second kappa shape index (κ2) is 6.59. The highest BCUT2D eigenvalue weighted by Crippen LogP contribution is 2.17. The first kappa shape index (κ1) is 12.4. The fraction of sp³-hybridized carbons (Fsp3) is 0.667. The molecule has 1 aliphatic rings. The van der Waals surface area contributed by atoms with Crippen molar-refractivity contribution in [2.75, 3.05) is 7.05 Å². The van der Waals surface area contributed by atoms with Crippen molar-refractivity contribution in [2.45, 2.75) is 44.7 Å². The zero-order valence-corrected chi connectivity index (χ0v) is 11.1. The number of hydrogen-bond donors (Lipinski definition) is 2. The summed E-state index contributed by atoms with van der Waals surface area (Å²) in [5.74, 6) is 0.895. The van der Waals surface area contributed by atoms with Gasteiger partial charge < -0.3 is 10.6 Å². The molecule has 1 aliphatic carbocycles. The minimum atomic E-state index is 0.589. The molecular weight excluding hydrogens is 232 g/mol. The third kappa shape index (κ3) is 4.00. The van der Waals surface area contributed by atoms with E-state index in [0.29, 0.717) is 6.04 Å². The van der Waals surface area contributed by atoms with Gasteiger partial charge in [-0.15, -0.1) is 11.3 Å². The van der Waals surface area contributed by atoms with Crippen LogP contribution < -0.4 is 10.6 Å². The summed E-state index contributed by atoms with van der Waals surface area (Å²) in [6.45, 7) is 0.754. The van der Waals surface area contributed by atoms with Gasteiger partial charge in [-0.2, -0.15) is 0 Å². The van der Waals surface area contributed by atoms with Gasteiger partial charge in [0.25, 0.3) is 0 Å². The standard InChI is InChI=1S/C12H20N4S/c1-13-12(15-9-11-14-7-8-17-11)16-10-5-3-2-4-6-10/h7-8,10H,2-6,9H2,1H3,(H2,13,15,16). The number of thiazole rings is 1. The number of aliphatic imine (C=N–C) groups is 1. The molecule has 0 bridgehead atoms. The van der Waals surface area contributed by atoms with Gasteiger partial charge in [-0.1, -0.05) is 19.3 Å². The van der Waals surface area contributed by atoms with Gasteiger partial charge in [0.05, 0.1) is 6.54 Å². The molecule has 2 rings (SSSR count). The van der Waals surface area contributed by atoms with Gasteiger partial charge in [0.15, 0.2) is 5.96 Å². The van der Waals surface area contributed by atoms with E-state index in [1.54, 1.807) is 11.3 Å². The number of guanidine groups is 1. The Morgan fingerprint density at radius 2 is 2.29 bits per heavy atom. The Hall–Kier alpha value is -1.10. The number of aromatic nitrogens is 1. The Morgan fingerprint density at radius 3 is 2.94 bits per heavy atom. The third-order valence-corrected chi connectivity index (χ3v) is 3.84. The summed E-state index contributed by atoms with van der Waals surface area (Å²) >= 11 is 1.67. The van der Waals surface area contributed by atoms with E-state index >= 15 is 0 Å². The number of rotatable bonds is 3. The second-order valence-corrected chi connectivity index (χ2v) is 5.31. The lowest BCUT2D eigenvalue weighted by atomic mass is 9.96. The number of nitrogens with one attached hydrogen (secondary N) is 2. The number of nitrogens with zero attached hydrogens (tertiary/aromatic N) is 2. The lowest BCUT2D eigenvalue weighted by molar-refractivity contribution is 0.410. The summed E-state index contributed by atoms with van der Waals surface area (Å²) in [6, 6.07) is 0.589. The average Bonchev–Trinajstić information content (AvgIpc) is 2.89. The predicted molar refractivity (Wildman–Crippen MR) is 72.3 cm³/mol. The van der Waals surface area contributed by atoms with Gasteiger partial charge in [0.2, 0.25) is 0 Å². The van der Waals surface area contributed by atoms with Crippen LogP contribution >= 0.6 is 11.3 Å². The third-order valence-electron chi connectivity index (χ3n) is 3.06. The molecule has 0 radical (unpaired) electrons. The van der Waals surface area contributed by atoms with Crippen LogP contribution in [0, 0.1) is 0 Å². The second-order valence-electron chi connectivity index (χ2n) is 4.33. The quantitative estimate of drug-likeness (QED) is 0.640. The van der Waals surface area contributed by atoms with E-state index in [9.17, 15) is 0 Å². The van der Waals surface area contributed by atoms with Crippen molar-refractivity contribution < 1.29 is 0 Å². The summed E-state index contributed by atoms with van der Waals surface area (Å²) in [5.41, 5.74) is 0. The summed E-state index contributed by atoms with van der Waals surface area (Å²) in [5, 5.41) is 9.88. The average molecular weight is 252 g/mol. The Kier molecular flexibility index (Phi) is 4.79. The summed E-state index contributed by atoms with van der Waals surface area (Å²) in [4.78, 5) is 8.50. The first-order valence-corrected chi connectivity index (χ1v) is 7.12. The monoisotopic (exact) mass is 252 g/mol. The highest BCUT2D eigenvalue weighted by molar-refractivity contribution is 7.09. The minimum absolute atomic E-state index is 0.589. The zero-order chi connectivity index (χ0) is 11.9. The lowest BCUT2D eigenvalue weighted by Crippen LogP contribution is -2.43. The summed E-state index contributed by atoms with van der Waals surface area (Å²) in [7, 11) is 1.82. The molecular formula is C12H20N4S. The molecule has 1 heterocycles. The van der Waals surface area contributed by atoms with E-state index in [2.05, 4.69) is 20.6 Å². The van der Waals surface area contributed by atoms with Crippen LogP contribution in [0.25, 0.3) is 0 Å². The molecule has 1 aromatic heterocycles. The maximum absolute atomic E-state index is 4.25. The molecule has 1 fully saturated rings. The zero-order valence-electron chi connectivity index (χ0n) is 10.3. The fourth-order valence-electron chi connectivity index (χ4n) is 2.13. The molecule has 94 valence electrons. The summed E-state index contributed by atoms with van der Waals surface area (Å²) < 4.78 is 0. The summed E-state index contributed by atoms with van der Waals surface area (Å²) in [6.07, 6.45) is 8.40. The SMILES string of the molecule is CN=C(NCc1nccs1)NC1CCCCC1. The Bertz CT molecular complexity index is 341. The molecule has 0 unspecified atom stereocenters. The van der Waals surface area contributed by atoms with Gasteiger partial charge in [-0.25, -0.2) is 4.98 Å². The van der Waals surface area contributed by atoms with Crippen LogP contribution in [0.3, 0.4) is 0 Å². The Morgan fingerprint density at radius 1 is 1.47 bits per heavy atom. The molecule has 0 atom stereocenters. The van der Waals surface area contributed by atoms with Crippen LogP contribution in [0.15, 0.2) is 16.6 Å². The molecule has 4 nitrogen and oxygen atoms in total. The van der Waals surface area contributed by atoms with Gasteiger partial charge in [-0.05, 0) is 12.8 Å². The molecule has 0 saturated heterocycles. The van der Waals surface area contributed by atoms with Crippen molar-refractivity contribution in [1.29, 1.82) is 0 Å². The molecule has 0 aliphatic heterocycles. The van der Waals surface area contributed by atoms with Crippen molar-refractivity contribution in [3.63, 3.8) is 0 Å². The van der Waals surface area contributed by atoms with Crippen molar-refractivity contribution in [3.8, 4) is 0 Å². The largest absolute Gasteiger partial charge is 0.354 e. The van der Waals surface area contributed by atoms with Crippen molar-refractivity contribution in [3.05, 3.63) is 16.6 Å². The van der Waals surface area contributed by atoms with E-state index in [4.69, 9.17) is 0 Å². The topological polar surface area (TPSA) is 49.3 Å².